The Hall–Kier alpha value is -3.53. The number of rotatable bonds is 4. The summed E-state index contributed by atoms with van der Waals surface area (Å²) >= 11 is 0. The predicted octanol–water partition coefficient (Wildman–Crippen LogP) is 4.46. The molecule has 0 fully saturated rings. The van der Waals surface area contributed by atoms with Gasteiger partial charge in [0.05, 0.1) is 0 Å². The maximum atomic E-state index is 13.4. The van der Waals surface area contributed by atoms with E-state index >= 15 is 0 Å². The van der Waals surface area contributed by atoms with Crippen LogP contribution in [0.2, 0.25) is 0 Å². The molecule has 0 saturated heterocycles. The van der Waals surface area contributed by atoms with Crippen LogP contribution in [0.1, 0.15) is 33.1 Å². The zero-order valence-electron chi connectivity index (χ0n) is 14.9. The Labute approximate surface area is 154 Å². The summed E-state index contributed by atoms with van der Waals surface area (Å²) in [6.45, 7) is 5.46. The third kappa shape index (κ3) is 3.42. The van der Waals surface area contributed by atoms with Gasteiger partial charge in [0.2, 0.25) is 5.78 Å². The van der Waals surface area contributed by atoms with Crippen molar-refractivity contribution in [3.63, 3.8) is 0 Å². The van der Waals surface area contributed by atoms with E-state index in [-0.39, 0.29) is 11.1 Å². The van der Waals surface area contributed by atoms with Crippen LogP contribution < -0.4 is 0 Å². The Morgan fingerprint density at radius 3 is 2.52 bits per heavy atom. The molecule has 0 atom stereocenters. The quantitative estimate of drug-likeness (QED) is 0.388. The van der Waals surface area contributed by atoms with Gasteiger partial charge in [-0.25, -0.2) is 8.78 Å². The summed E-state index contributed by atoms with van der Waals surface area (Å²) in [7, 11) is 0. The van der Waals surface area contributed by atoms with Crippen LogP contribution in [0.4, 0.5) is 8.78 Å². The fraction of sp³-hybridized carbons (Fsp3) is 0.150. The summed E-state index contributed by atoms with van der Waals surface area (Å²) in [5.74, 6) is -1.63. The zero-order chi connectivity index (χ0) is 19.7. The number of ketones is 1. The molecule has 136 valence electrons. The molecule has 3 aromatic rings. The summed E-state index contributed by atoms with van der Waals surface area (Å²) in [5.41, 5.74) is 1.96. The molecule has 0 bridgehead atoms. The van der Waals surface area contributed by atoms with Crippen LogP contribution in [0.3, 0.4) is 0 Å². The third-order valence-electron chi connectivity index (χ3n) is 4.16. The van der Waals surface area contributed by atoms with Gasteiger partial charge in [0.15, 0.2) is 17.5 Å². The van der Waals surface area contributed by atoms with Crippen molar-refractivity contribution in [2.45, 2.75) is 20.8 Å². The molecule has 0 amide bonds. The Morgan fingerprint density at radius 1 is 1.19 bits per heavy atom. The first kappa shape index (κ1) is 18.3. The maximum Gasteiger partial charge on any atom is 0.203 e. The lowest BCUT2D eigenvalue weighted by atomic mass is 10.0. The standard InChI is InChI=1S/C20H15F2N3O2/c1-11-6-15(13(3)25(11)19-7-12(2)27-24-19)8-16(10-23)20(26)14-4-5-17(21)18(22)9-14/h4-9H,1-3H3. The van der Waals surface area contributed by atoms with E-state index in [0.717, 1.165) is 29.6 Å². The van der Waals surface area contributed by atoms with Gasteiger partial charge < -0.3 is 4.52 Å². The number of benzene rings is 1. The average molecular weight is 367 g/mol. The Morgan fingerprint density at radius 2 is 1.93 bits per heavy atom. The lowest BCUT2D eigenvalue weighted by molar-refractivity contribution is 0.103. The molecule has 0 spiro atoms. The number of hydrogen-bond acceptors (Lipinski definition) is 4. The number of Topliss-reactive ketones (excluding diaryl/α,β-unsaturated/α-hetero) is 1. The lowest BCUT2D eigenvalue weighted by Gasteiger charge is -2.04. The molecule has 0 N–H and O–H groups in total. The van der Waals surface area contributed by atoms with Crippen LogP contribution in [-0.2, 0) is 0 Å². The van der Waals surface area contributed by atoms with E-state index in [9.17, 15) is 18.8 Å². The number of carbonyl (C=O) groups excluding carboxylic acids is 1. The van der Waals surface area contributed by atoms with Crippen LogP contribution in [0.5, 0.6) is 0 Å². The first-order chi connectivity index (χ1) is 12.8. The number of allylic oxidation sites excluding steroid dienone is 1. The molecule has 0 aliphatic carbocycles. The molecule has 0 unspecified atom stereocenters. The second-order valence-electron chi connectivity index (χ2n) is 6.09. The van der Waals surface area contributed by atoms with E-state index in [1.807, 2.05) is 24.5 Å². The van der Waals surface area contributed by atoms with Crippen molar-refractivity contribution in [1.82, 2.24) is 9.72 Å². The monoisotopic (exact) mass is 367 g/mol. The summed E-state index contributed by atoms with van der Waals surface area (Å²) in [4.78, 5) is 12.5. The van der Waals surface area contributed by atoms with E-state index < -0.39 is 17.4 Å². The number of carbonyl (C=O) groups is 1. The van der Waals surface area contributed by atoms with Crippen LogP contribution in [0.25, 0.3) is 11.9 Å². The van der Waals surface area contributed by atoms with Gasteiger partial charge in [-0.15, -0.1) is 0 Å². The number of aryl methyl sites for hydroxylation is 2. The number of hydrogen-bond donors (Lipinski definition) is 0. The molecule has 7 heteroatoms. The smallest absolute Gasteiger partial charge is 0.203 e. The molecular weight excluding hydrogens is 352 g/mol. The van der Waals surface area contributed by atoms with Gasteiger partial charge in [-0.2, -0.15) is 5.26 Å². The second-order valence-corrected chi connectivity index (χ2v) is 6.09. The minimum atomic E-state index is -1.14. The zero-order valence-corrected chi connectivity index (χ0v) is 14.9. The number of nitrogens with zero attached hydrogens (tertiary/aromatic N) is 3. The van der Waals surface area contributed by atoms with Crippen molar-refractivity contribution in [3.05, 3.63) is 75.8 Å². The van der Waals surface area contributed by atoms with Crippen molar-refractivity contribution in [1.29, 1.82) is 5.26 Å². The lowest BCUT2D eigenvalue weighted by Crippen LogP contribution is -2.03. The molecule has 3 rings (SSSR count). The van der Waals surface area contributed by atoms with E-state index in [1.54, 1.807) is 19.1 Å². The Balaban J connectivity index is 2.03. The maximum absolute atomic E-state index is 13.4. The summed E-state index contributed by atoms with van der Waals surface area (Å²) in [5, 5.41) is 13.4. The third-order valence-corrected chi connectivity index (χ3v) is 4.16. The molecular formula is C20H15F2N3O2. The Kier molecular flexibility index (Phi) is 4.74. The van der Waals surface area contributed by atoms with Gasteiger partial charge in [-0.3, -0.25) is 9.36 Å². The summed E-state index contributed by atoms with van der Waals surface area (Å²) in [6.07, 6.45) is 1.43. The highest BCUT2D eigenvalue weighted by atomic mass is 19.2. The highest BCUT2D eigenvalue weighted by molar-refractivity contribution is 6.14. The molecule has 2 heterocycles. The van der Waals surface area contributed by atoms with Gasteiger partial charge in [0.25, 0.3) is 0 Å². The number of nitriles is 1. The minimum absolute atomic E-state index is 0.0948. The summed E-state index contributed by atoms with van der Waals surface area (Å²) in [6, 6.07) is 8.19. The minimum Gasteiger partial charge on any atom is -0.360 e. The molecule has 0 saturated carbocycles. The highest BCUT2D eigenvalue weighted by Crippen LogP contribution is 2.23. The van der Waals surface area contributed by atoms with Gasteiger partial charge in [-0.05, 0) is 56.7 Å². The van der Waals surface area contributed by atoms with E-state index in [0.29, 0.717) is 17.1 Å². The first-order valence-electron chi connectivity index (χ1n) is 8.06. The Bertz CT molecular complexity index is 1120. The van der Waals surface area contributed by atoms with E-state index in [2.05, 4.69) is 5.16 Å². The predicted molar refractivity (Wildman–Crippen MR) is 94.3 cm³/mol. The van der Waals surface area contributed by atoms with Crippen LogP contribution in [0, 0.1) is 43.7 Å². The fourth-order valence-corrected chi connectivity index (χ4v) is 2.84. The normalized spacial score (nSPS) is 11.5. The molecule has 0 aliphatic rings. The number of halogens is 2. The largest absolute Gasteiger partial charge is 0.360 e. The van der Waals surface area contributed by atoms with Gasteiger partial charge >= 0.3 is 0 Å². The topological polar surface area (TPSA) is 71.8 Å². The summed E-state index contributed by atoms with van der Waals surface area (Å²) < 4.78 is 33.4. The van der Waals surface area contributed by atoms with Crippen molar-refractivity contribution in [3.8, 4) is 11.9 Å². The van der Waals surface area contributed by atoms with Crippen molar-refractivity contribution >= 4 is 11.9 Å². The van der Waals surface area contributed by atoms with Crippen LogP contribution >= 0.6 is 0 Å². The number of aromatic nitrogens is 2. The average Bonchev–Trinajstić information content (AvgIpc) is 3.17. The molecule has 5 nitrogen and oxygen atoms in total. The molecule has 0 radical (unpaired) electrons. The molecule has 0 aliphatic heterocycles. The van der Waals surface area contributed by atoms with Crippen LogP contribution in [0.15, 0.2) is 40.4 Å². The van der Waals surface area contributed by atoms with E-state index in [4.69, 9.17) is 4.52 Å². The first-order valence-corrected chi connectivity index (χ1v) is 8.06. The van der Waals surface area contributed by atoms with Gasteiger partial charge in [0.1, 0.15) is 17.4 Å². The fourth-order valence-electron chi connectivity index (χ4n) is 2.84. The van der Waals surface area contributed by atoms with Gasteiger partial charge in [-0.1, -0.05) is 5.16 Å². The van der Waals surface area contributed by atoms with Crippen molar-refractivity contribution < 1.29 is 18.1 Å². The van der Waals surface area contributed by atoms with E-state index in [1.165, 1.54) is 6.08 Å². The SMILES string of the molecule is Cc1cc(-n2c(C)cc(C=C(C#N)C(=O)c3ccc(F)c(F)c3)c2C)no1. The van der Waals surface area contributed by atoms with Crippen molar-refractivity contribution in [2.75, 3.05) is 0 Å². The second kappa shape index (κ2) is 7.00. The van der Waals surface area contributed by atoms with Crippen LogP contribution in [-0.4, -0.2) is 15.5 Å². The molecule has 27 heavy (non-hydrogen) atoms. The highest BCUT2D eigenvalue weighted by Gasteiger charge is 2.17. The van der Waals surface area contributed by atoms with Crippen molar-refractivity contribution in [2.24, 2.45) is 0 Å². The molecule has 2 aromatic heterocycles. The molecule has 1 aromatic carbocycles. The van der Waals surface area contributed by atoms with Gasteiger partial charge in [0, 0.05) is 23.0 Å².